The van der Waals surface area contributed by atoms with Gasteiger partial charge in [0.05, 0.1) is 5.69 Å². The Morgan fingerprint density at radius 3 is 2.63 bits per heavy atom. The van der Waals surface area contributed by atoms with Gasteiger partial charge in [0.1, 0.15) is 18.2 Å². The molecule has 5 nitrogen and oxygen atoms in total. The highest BCUT2D eigenvalue weighted by Crippen LogP contribution is 2.19. The van der Waals surface area contributed by atoms with Crippen molar-refractivity contribution >= 4 is 23.3 Å². The number of nitrogens with one attached hydrogen (secondary N) is 2. The van der Waals surface area contributed by atoms with Crippen molar-refractivity contribution in [2.75, 3.05) is 5.32 Å². The number of hydrogen-bond donors (Lipinski definition) is 2. The molecule has 0 fully saturated rings. The number of nitrogens with zero attached hydrogens (tertiary/aromatic N) is 1. The molecule has 1 heterocycles. The number of hydrogen-bond acceptors (Lipinski definition) is 3. The highest BCUT2D eigenvalue weighted by atomic mass is 35.5. The third kappa shape index (κ3) is 5.69. The number of benzene rings is 2. The summed E-state index contributed by atoms with van der Waals surface area (Å²) in [6.07, 6.45) is 3.46. The topological polar surface area (TPSA) is 63.2 Å². The van der Waals surface area contributed by atoms with Crippen LogP contribution in [0.25, 0.3) is 0 Å². The van der Waals surface area contributed by atoms with Crippen molar-refractivity contribution in [2.45, 2.75) is 13.2 Å². The molecule has 0 atom stereocenters. The van der Waals surface area contributed by atoms with E-state index < -0.39 is 11.8 Å². The van der Waals surface area contributed by atoms with Gasteiger partial charge in [-0.05, 0) is 42.0 Å². The van der Waals surface area contributed by atoms with Crippen LogP contribution in [-0.4, -0.2) is 11.0 Å². The second-order valence-corrected chi connectivity index (χ2v) is 6.16. The fourth-order valence-corrected chi connectivity index (χ4v) is 2.45. The first kappa shape index (κ1) is 18.7. The molecule has 0 aliphatic carbocycles. The van der Waals surface area contributed by atoms with E-state index in [2.05, 4.69) is 15.6 Å². The van der Waals surface area contributed by atoms with Crippen LogP contribution in [0.5, 0.6) is 5.75 Å². The van der Waals surface area contributed by atoms with Crippen LogP contribution in [0.4, 0.5) is 14.9 Å². The third-order valence-electron chi connectivity index (χ3n) is 3.68. The van der Waals surface area contributed by atoms with Crippen molar-refractivity contribution in [3.63, 3.8) is 0 Å². The van der Waals surface area contributed by atoms with Gasteiger partial charge in [-0.15, -0.1) is 0 Å². The first-order chi connectivity index (χ1) is 13.1. The monoisotopic (exact) mass is 385 g/mol. The lowest BCUT2D eigenvalue weighted by Gasteiger charge is -2.10. The van der Waals surface area contributed by atoms with Crippen LogP contribution in [0.3, 0.4) is 0 Å². The zero-order valence-electron chi connectivity index (χ0n) is 14.3. The largest absolute Gasteiger partial charge is 0.489 e. The van der Waals surface area contributed by atoms with Gasteiger partial charge in [0.25, 0.3) is 0 Å². The van der Waals surface area contributed by atoms with Gasteiger partial charge < -0.3 is 15.4 Å². The quantitative estimate of drug-likeness (QED) is 0.642. The summed E-state index contributed by atoms with van der Waals surface area (Å²) in [4.78, 5) is 15.9. The molecule has 0 bridgehead atoms. The number of aromatic nitrogens is 1. The first-order valence-corrected chi connectivity index (χ1v) is 8.58. The predicted octanol–water partition coefficient (Wildman–Crippen LogP) is 4.77. The molecule has 0 radical (unpaired) electrons. The lowest BCUT2D eigenvalue weighted by atomic mass is 10.2. The van der Waals surface area contributed by atoms with Gasteiger partial charge >= 0.3 is 6.03 Å². The number of urea groups is 1. The molecule has 0 aliphatic heterocycles. The molecule has 2 amide bonds. The van der Waals surface area contributed by atoms with Crippen LogP contribution in [-0.2, 0) is 13.2 Å². The van der Waals surface area contributed by atoms with Crippen LogP contribution >= 0.6 is 11.6 Å². The van der Waals surface area contributed by atoms with Crippen LogP contribution in [0, 0.1) is 5.82 Å². The molecule has 3 rings (SSSR count). The number of halogens is 2. The second kappa shape index (κ2) is 9.00. The second-order valence-electron chi connectivity index (χ2n) is 5.73. The molecule has 2 N–H and O–H groups in total. The van der Waals surface area contributed by atoms with Gasteiger partial charge in [0.2, 0.25) is 0 Å². The van der Waals surface area contributed by atoms with Crippen LogP contribution in [0.1, 0.15) is 11.1 Å². The molecule has 0 aliphatic rings. The summed E-state index contributed by atoms with van der Waals surface area (Å²) in [5.41, 5.74) is 1.93. The Labute approximate surface area is 161 Å². The summed E-state index contributed by atoms with van der Waals surface area (Å²) in [6, 6.07) is 14.7. The Morgan fingerprint density at radius 2 is 1.93 bits per heavy atom. The molecule has 138 valence electrons. The maximum atomic E-state index is 13.7. The van der Waals surface area contributed by atoms with Crippen molar-refractivity contribution in [1.29, 1.82) is 0 Å². The summed E-state index contributed by atoms with van der Waals surface area (Å²) in [7, 11) is 0. The first-order valence-electron chi connectivity index (χ1n) is 8.21. The van der Waals surface area contributed by atoms with Gasteiger partial charge in [-0.3, -0.25) is 4.98 Å². The number of ether oxygens (including phenoxy) is 1. The fraction of sp³-hybridized carbons (Fsp3) is 0.100. The maximum Gasteiger partial charge on any atom is 0.319 e. The Balaban J connectivity index is 1.47. The molecule has 7 heteroatoms. The normalized spacial score (nSPS) is 10.3. The molecule has 2 aromatic carbocycles. The summed E-state index contributed by atoms with van der Waals surface area (Å²) < 4.78 is 19.4. The van der Waals surface area contributed by atoms with Gasteiger partial charge in [-0.2, -0.15) is 0 Å². The molecule has 0 spiro atoms. The summed E-state index contributed by atoms with van der Waals surface area (Å²) in [5, 5.41) is 5.38. The van der Waals surface area contributed by atoms with E-state index in [1.54, 1.807) is 12.4 Å². The van der Waals surface area contributed by atoms with Crippen molar-refractivity contribution in [3.05, 3.63) is 89.0 Å². The van der Waals surface area contributed by atoms with Crippen LogP contribution in [0.15, 0.2) is 67.0 Å². The molecule has 0 unspecified atom stereocenters. The smallest absolute Gasteiger partial charge is 0.319 e. The van der Waals surface area contributed by atoms with Crippen molar-refractivity contribution < 1.29 is 13.9 Å². The van der Waals surface area contributed by atoms with E-state index in [1.165, 1.54) is 12.1 Å². The van der Waals surface area contributed by atoms with Gasteiger partial charge in [-0.1, -0.05) is 29.8 Å². The molecule has 27 heavy (non-hydrogen) atoms. The molecular weight excluding hydrogens is 369 g/mol. The van der Waals surface area contributed by atoms with E-state index >= 15 is 0 Å². The molecule has 3 aromatic rings. The van der Waals surface area contributed by atoms with Gasteiger partial charge in [-0.25, -0.2) is 9.18 Å². The molecule has 0 saturated heterocycles. The minimum atomic E-state index is -0.590. The van der Waals surface area contributed by atoms with E-state index in [0.717, 1.165) is 22.9 Å². The van der Waals surface area contributed by atoms with Crippen LogP contribution < -0.4 is 15.4 Å². The zero-order valence-corrected chi connectivity index (χ0v) is 15.0. The summed E-state index contributed by atoms with van der Waals surface area (Å²) in [5.74, 6) is 0.128. The third-order valence-corrected chi connectivity index (χ3v) is 3.92. The number of rotatable bonds is 6. The number of carbonyl (C=O) groups excluding carboxylic acids is 1. The van der Waals surface area contributed by atoms with E-state index in [0.29, 0.717) is 13.2 Å². The maximum absolute atomic E-state index is 13.7. The minimum absolute atomic E-state index is 0.0658. The fourth-order valence-electron chi connectivity index (χ4n) is 2.29. The minimum Gasteiger partial charge on any atom is -0.489 e. The lowest BCUT2D eigenvalue weighted by Crippen LogP contribution is -2.28. The van der Waals surface area contributed by atoms with E-state index in [9.17, 15) is 9.18 Å². The number of pyridine rings is 1. The van der Waals surface area contributed by atoms with Gasteiger partial charge in [0, 0.05) is 29.5 Å². The molecule has 1 aromatic heterocycles. The van der Waals surface area contributed by atoms with Gasteiger partial charge in [0.15, 0.2) is 0 Å². The van der Waals surface area contributed by atoms with E-state index in [-0.39, 0.29) is 10.7 Å². The van der Waals surface area contributed by atoms with E-state index in [1.807, 2.05) is 36.4 Å². The van der Waals surface area contributed by atoms with Crippen LogP contribution in [0.2, 0.25) is 5.02 Å². The Bertz CT molecular complexity index is 905. The van der Waals surface area contributed by atoms with E-state index in [4.69, 9.17) is 16.3 Å². The standard InChI is InChI=1S/C20H17ClFN3O2/c21-16-5-8-19(18(22)10-16)25-20(26)24-12-14-3-6-17(7-4-14)27-13-15-2-1-9-23-11-15/h1-11H,12-13H2,(H2,24,25,26). The SMILES string of the molecule is O=C(NCc1ccc(OCc2cccnc2)cc1)Nc1ccc(Cl)cc1F. The highest BCUT2D eigenvalue weighted by Gasteiger charge is 2.07. The number of amides is 2. The summed E-state index contributed by atoms with van der Waals surface area (Å²) >= 11 is 5.68. The number of carbonyl (C=O) groups is 1. The molecular formula is C20H17ClFN3O2. The molecule has 0 saturated carbocycles. The Hall–Kier alpha value is -3.12. The number of anilines is 1. The highest BCUT2D eigenvalue weighted by molar-refractivity contribution is 6.30. The van der Waals surface area contributed by atoms with Crippen molar-refractivity contribution in [1.82, 2.24) is 10.3 Å². The lowest BCUT2D eigenvalue weighted by molar-refractivity contribution is 0.251. The zero-order chi connectivity index (χ0) is 19.1. The average molecular weight is 386 g/mol. The van der Waals surface area contributed by atoms with Crippen molar-refractivity contribution in [2.24, 2.45) is 0 Å². The Morgan fingerprint density at radius 1 is 1.11 bits per heavy atom. The average Bonchev–Trinajstić information content (AvgIpc) is 2.68. The predicted molar refractivity (Wildman–Crippen MR) is 102 cm³/mol. The Kier molecular flexibility index (Phi) is 6.22. The van der Waals surface area contributed by atoms with Crippen molar-refractivity contribution in [3.8, 4) is 5.75 Å². The summed E-state index contributed by atoms with van der Waals surface area (Å²) in [6.45, 7) is 0.727.